The monoisotopic (exact) mass is 261 g/mol. The standard InChI is InChI=1S/C16H27N3/c1-15(16-7-4-3-5-8-16)17-9-6-10-19-13-11-18(2)12-14-19/h3-5,7-8,15,17H,6,9-14H2,1-2H3. The van der Waals surface area contributed by atoms with Gasteiger partial charge in [-0.3, -0.25) is 0 Å². The second-order valence-corrected chi connectivity index (χ2v) is 5.58. The zero-order chi connectivity index (χ0) is 13.5. The van der Waals surface area contributed by atoms with Crippen LogP contribution < -0.4 is 5.32 Å². The highest BCUT2D eigenvalue weighted by molar-refractivity contribution is 5.17. The number of nitrogens with one attached hydrogen (secondary N) is 1. The van der Waals surface area contributed by atoms with E-state index in [0.717, 1.165) is 6.54 Å². The van der Waals surface area contributed by atoms with Crippen LogP contribution in [0.2, 0.25) is 0 Å². The van der Waals surface area contributed by atoms with E-state index in [0.29, 0.717) is 6.04 Å². The molecular weight excluding hydrogens is 234 g/mol. The van der Waals surface area contributed by atoms with Gasteiger partial charge in [0.05, 0.1) is 0 Å². The van der Waals surface area contributed by atoms with Crippen molar-refractivity contribution in [3.63, 3.8) is 0 Å². The predicted octanol–water partition coefficient (Wildman–Crippen LogP) is 1.97. The smallest absolute Gasteiger partial charge is 0.0291 e. The third kappa shape index (κ3) is 4.94. The highest BCUT2D eigenvalue weighted by atomic mass is 15.2. The fraction of sp³-hybridized carbons (Fsp3) is 0.625. The lowest BCUT2D eigenvalue weighted by Crippen LogP contribution is -2.45. The van der Waals surface area contributed by atoms with E-state index in [-0.39, 0.29) is 0 Å². The Morgan fingerprint density at radius 3 is 2.47 bits per heavy atom. The SMILES string of the molecule is CC(NCCCN1CCN(C)CC1)c1ccccc1. The molecule has 0 bridgehead atoms. The van der Waals surface area contributed by atoms with Gasteiger partial charge in [-0.05, 0) is 39.0 Å². The van der Waals surface area contributed by atoms with Crippen LogP contribution in [0.25, 0.3) is 0 Å². The molecule has 1 aromatic carbocycles. The van der Waals surface area contributed by atoms with Gasteiger partial charge in [-0.1, -0.05) is 30.3 Å². The summed E-state index contributed by atoms with van der Waals surface area (Å²) in [7, 11) is 2.21. The Bertz CT molecular complexity index is 344. The Balaban J connectivity index is 1.59. The molecule has 3 nitrogen and oxygen atoms in total. The Kier molecular flexibility index (Phi) is 5.83. The molecule has 106 valence electrons. The molecule has 2 rings (SSSR count). The summed E-state index contributed by atoms with van der Waals surface area (Å²) < 4.78 is 0. The molecule has 1 aromatic rings. The van der Waals surface area contributed by atoms with Crippen molar-refractivity contribution in [1.82, 2.24) is 15.1 Å². The van der Waals surface area contributed by atoms with Crippen molar-refractivity contribution < 1.29 is 0 Å². The van der Waals surface area contributed by atoms with Gasteiger partial charge in [0.15, 0.2) is 0 Å². The van der Waals surface area contributed by atoms with Crippen molar-refractivity contribution in [2.24, 2.45) is 0 Å². The molecule has 1 unspecified atom stereocenters. The molecule has 1 saturated heterocycles. The summed E-state index contributed by atoms with van der Waals surface area (Å²) >= 11 is 0. The number of hydrogen-bond donors (Lipinski definition) is 1. The number of piperazine rings is 1. The van der Waals surface area contributed by atoms with Gasteiger partial charge >= 0.3 is 0 Å². The Morgan fingerprint density at radius 1 is 1.11 bits per heavy atom. The molecule has 1 heterocycles. The van der Waals surface area contributed by atoms with E-state index in [4.69, 9.17) is 0 Å². The second-order valence-electron chi connectivity index (χ2n) is 5.58. The topological polar surface area (TPSA) is 18.5 Å². The first-order valence-electron chi connectivity index (χ1n) is 7.45. The number of likely N-dealkylation sites (N-methyl/N-ethyl adjacent to an activating group) is 1. The molecule has 0 spiro atoms. The fourth-order valence-electron chi connectivity index (χ4n) is 2.55. The minimum Gasteiger partial charge on any atom is -0.310 e. The summed E-state index contributed by atoms with van der Waals surface area (Å²) in [4.78, 5) is 4.99. The quantitative estimate of drug-likeness (QED) is 0.790. The summed E-state index contributed by atoms with van der Waals surface area (Å²) in [5.74, 6) is 0. The molecule has 1 aliphatic rings. The average Bonchev–Trinajstić information content (AvgIpc) is 2.46. The first-order valence-corrected chi connectivity index (χ1v) is 7.45. The van der Waals surface area contributed by atoms with Crippen LogP contribution in [-0.2, 0) is 0 Å². The van der Waals surface area contributed by atoms with Gasteiger partial charge in [-0.15, -0.1) is 0 Å². The van der Waals surface area contributed by atoms with Crippen LogP contribution in [0.4, 0.5) is 0 Å². The Morgan fingerprint density at radius 2 is 1.79 bits per heavy atom. The first-order chi connectivity index (χ1) is 9.25. The fourth-order valence-corrected chi connectivity index (χ4v) is 2.55. The van der Waals surface area contributed by atoms with Crippen LogP contribution in [0.1, 0.15) is 24.9 Å². The van der Waals surface area contributed by atoms with Crippen molar-refractivity contribution in [2.75, 3.05) is 46.3 Å². The van der Waals surface area contributed by atoms with Gasteiger partial charge in [-0.2, -0.15) is 0 Å². The Hall–Kier alpha value is -0.900. The number of hydrogen-bond acceptors (Lipinski definition) is 3. The van der Waals surface area contributed by atoms with Gasteiger partial charge in [0.1, 0.15) is 0 Å². The largest absolute Gasteiger partial charge is 0.310 e. The molecule has 0 aromatic heterocycles. The predicted molar refractivity (Wildman–Crippen MR) is 81.4 cm³/mol. The first kappa shape index (κ1) is 14.5. The number of rotatable bonds is 6. The van der Waals surface area contributed by atoms with E-state index in [1.165, 1.54) is 44.7 Å². The molecule has 3 heteroatoms. The molecule has 1 fully saturated rings. The van der Waals surface area contributed by atoms with Gasteiger partial charge in [0, 0.05) is 32.2 Å². The maximum Gasteiger partial charge on any atom is 0.0291 e. The minimum absolute atomic E-state index is 0.452. The van der Waals surface area contributed by atoms with Crippen LogP contribution in [0, 0.1) is 0 Å². The maximum atomic E-state index is 3.61. The van der Waals surface area contributed by atoms with E-state index in [2.05, 4.69) is 59.4 Å². The maximum absolute atomic E-state index is 3.61. The lowest BCUT2D eigenvalue weighted by molar-refractivity contribution is 0.152. The van der Waals surface area contributed by atoms with Crippen LogP contribution in [0.15, 0.2) is 30.3 Å². The van der Waals surface area contributed by atoms with Gasteiger partial charge in [0.25, 0.3) is 0 Å². The van der Waals surface area contributed by atoms with Gasteiger partial charge in [0.2, 0.25) is 0 Å². The average molecular weight is 261 g/mol. The second kappa shape index (κ2) is 7.63. The molecule has 0 saturated carbocycles. The summed E-state index contributed by atoms with van der Waals surface area (Å²) in [6.45, 7) is 9.45. The lowest BCUT2D eigenvalue weighted by Gasteiger charge is -2.32. The summed E-state index contributed by atoms with van der Waals surface area (Å²) in [6.07, 6.45) is 1.24. The number of benzene rings is 1. The van der Waals surface area contributed by atoms with E-state index >= 15 is 0 Å². The van der Waals surface area contributed by atoms with Crippen molar-refractivity contribution in [1.29, 1.82) is 0 Å². The zero-order valence-electron chi connectivity index (χ0n) is 12.3. The van der Waals surface area contributed by atoms with Crippen LogP contribution in [0.3, 0.4) is 0 Å². The normalized spacial score (nSPS) is 19.5. The van der Waals surface area contributed by atoms with Crippen LogP contribution in [0.5, 0.6) is 0 Å². The highest BCUT2D eigenvalue weighted by Crippen LogP contribution is 2.10. The molecule has 1 atom stereocenters. The molecule has 0 radical (unpaired) electrons. The van der Waals surface area contributed by atoms with E-state index in [1.54, 1.807) is 0 Å². The molecule has 19 heavy (non-hydrogen) atoms. The van der Waals surface area contributed by atoms with Crippen molar-refractivity contribution in [3.05, 3.63) is 35.9 Å². The zero-order valence-corrected chi connectivity index (χ0v) is 12.3. The minimum atomic E-state index is 0.452. The van der Waals surface area contributed by atoms with Gasteiger partial charge in [-0.25, -0.2) is 0 Å². The van der Waals surface area contributed by atoms with Crippen molar-refractivity contribution in [2.45, 2.75) is 19.4 Å². The number of nitrogens with zero attached hydrogens (tertiary/aromatic N) is 2. The third-order valence-corrected chi connectivity index (χ3v) is 4.00. The van der Waals surface area contributed by atoms with E-state index in [1.807, 2.05) is 0 Å². The molecule has 1 N–H and O–H groups in total. The van der Waals surface area contributed by atoms with E-state index in [9.17, 15) is 0 Å². The van der Waals surface area contributed by atoms with Crippen molar-refractivity contribution in [3.8, 4) is 0 Å². The molecular formula is C16H27N3. The Labute approximate surface area is 117 Å². The van der Waals surface area contributed by atoms with Crippen LogP contribution >= 0.6 is 0 Å². The van der Waals surface area contributed by atoms with E-state index < -0.39 is 0 Å². The van der Waals surface area contributed by atoms with Gasteiger partial charge < -0.3 is 15.1 Å². The summed E-state index contributed by atoms with van der Waals surface area (Å²) in [5.41, 5.74) is 1.38. The molecule has 0 aliphatic carbocycles. The van der Waals surface area contributed by atoms with Crippen LogP contribution in [-0.4, -0.2) is 56.1 Å². The highest BCUT2D eigenvalue weighted by Gasteiger charge is 2.12. The lowest BCUT2D eigenvalue weighted by atomic mass is 10.1. The third-order valence-electron chi connectivity index (χ3n) is 4.00. The summed E-state index contributed by atoms with van der Waals surface area (Å²) in [5, 5.41) is 3.61. The molecule has 1 aliphatic heterocycles. The molecule has 0 amide bonds. The van der Waals surface area contributed by atoms with Crippen molar-refractivity contribution >= 4 is 0 Å². The summed E-state index contributed by atoms with van der Waals surface area (Å²) in [6, 6.07) is 11.1.